The lowest BCUT2D eigenvalue weighted by Crippen LogP contribution is -2.18. The molecule has 1 unspecified atom stereocenters. The molecule has 0 radical (unpaired) electrons. The number of ketones is 1. The van der Waals surface area contributed by atoms with Crippen molar-refractivity contribution in [3.8, 4) is 0 Å². The Bertz CT molecular complexity index is 186. The van der Waals surface area contributed by atoms with Gasteiger partial charge in [-0.2, -0.15) is 0 Å². The maximum Gasteiger partial charge on any atom is 0.293 e. The van der Waals surface area contributed by atoms with Crippen LogP contribution in [0.5, 0.6) is 0 Å². The molecule has 0 fully saturated rings. The van der Waals surface area contributed by atoms with E-state index >= 15 is 0 Å². The van der Waals surface area contributed by atoms with Gasteiger partial charge in [-0.1, -0.05) is 0 Å². The van der Waals surface area contributed by atoms with Crippen molar-refractivity contribution in [3.63, 3.8) is 0 Å². The Morgan fingerprint density at radius 1 is 1.64 bits per heavy atom. The maximum atomic E-state index is 10.5. The first-order chi connectivity index (χ1) is 5.07. The van der Waals surface area contributed by atoms with Crippen molar-refractivity contribution in [1.29, 1.82) is 0 Å². The van der Waals surface area contributed by atoms with Crippen molar-refractivity contribution in [3.05, 3.63) is 11.8 Å². The zero-order valence-electron chi connectivity index (χ0n) is 6.53. The van der Waals surface area contributed by atoms with Gasteiger partial charge in [0.1, 0.15) is 6.10 Å². The topological polar surface area (TPSA) is 69.4 Å². The van der Waals surface area contributed by atoms with Crippen molar-refractivity contribution >= 4 is 12.3 Å². The average molecular weight is 157 g/mol. The molecule has 0 aliphatic heterocycles. The highest BCUT2D eigenvalue weighted by Gasteiger charge is 2.04. The summed E-state index contributed by atoms with van der Waals surface area (Å²) in [7, 11) is 0. The van der Waals surface area contributed by atoms with Crippen LogP contribution >= 0.6 is 0 Å². The van der Waals surface area contributed by atoms with Gasteiger partial charge in [-0.05, 0) is 13.8 Å². The van der Waals surface area contributed by atoms with Gasteiger partial charge in [0.15, 0.2) is 5.78 Å². The smallest absolute Gasteiger partial charge is 0.293 e. The maximum absolute atomic E-state index is 10.5. The molecule has 4 nitrogen and oxygen atoms in total. The number of allylic oxidation sites excluding steroid dienone is 1. The lowest BCUT2D eigenvalue weighted by Gasteiger charge is -2.08. The van der Waals surface area contributed by atoms with E-state index in [1.165, 1.54) is 13.0 Å². The third-order valence-corrected chi connectivity index (χ3v) is 1.10. The predicted octanol–water partition coefficient (Wildman–Crippen LogP) is -0.0205. The van der Waals surface area contributed by atoms with E-state index in [-0.39, 0.29) is 11.5 Å². The summed E-state index contributed by atoms with van der Waals surface area (Å²) in [6, 6.07) is 0. The van der Waals surface area contributed by atoms with Gasteiger partial charge in [0.25, 0.3) is 6.47 Å². The average Bonchev–Trinajstić information content (AvgIpc) is 1.86. The lowest BCUT2D eigenvalue weighted by atomic mass is 10.2. The first-order valence-electron chi connectivity index (χ1n) is 3.14. The summed E-state index contributed by atoms with van der Waals surface area (Å²) >= 11 is 0. The van der Waals surface area contributed by atoms with E-state index in [1.54, 1.807) is 6.92 Å². The molecule has 0 rings (SSSR count). The van der Waals surface area contributed by atoms with Crippen LogP contribution in [-0.4, -0.2) is 18.4 Å². The summed E-state index contributed by atoms with van der Waals surface area (Å²) in [6.07, 6.45) is 0.699. The van der Waals surface area contributed by atoms with Gasteiger partial charge in [0.2, 0.25) is 0 Å². The number of hydrogen-bond donors (Lipinski definition) is 1. The first-order valence-corrected chi connectivity index (χ1v) is 3.14. The Morgan fingerprint density at radius 2 is 2.18 bits per heavy atom. The van der Waals surface area contributed by atoms with Crippen LogP contribution in [0.1, 0.15) is 13.8 Å². The molecule has 0 aliphatic carbocycles. The van der Waals surface area contributed by atoms with Crippen LogP contribution in [0.3, 0.4) is 0 Å². The molecule has 0 aliphatic rings. The summed E-state index contributed by atoms with van der Waals surface area (Å²) < 4.78 is 4.48. The fraction of sp³-hybridized carbons (Fsp3) is 0.429. The third-order valence-electron chi connectivity index (χ3n) is 1.10. The molecule has 0 saturated heterocycles. The molecule has 62 valence electrons. The number of nitrogens with two attached hydrogens (primary N) is 1. The second kappa shape index (κ2) is 4.49. The molecule has 0 aromatic heterocycles. The fourth-order valence-electron chi connectivity index (χ4n) is 0.514. The van der Waals surface area contributed by atoms with Crippen LogP contribution in [0.15, 0.2) is 11.8 Å². The highest BCUT2D eigenvalue weighted by molar-refractivity contribution is 5.87. The molecular formula is C7H11NO3. The fourth-order valence-corrected chi connectivity index (χ4v) is 0.514. The lowest BCUT2D eigenvalue weighted by molar-refractivity contribution is -0.131. The minimum absolute atomic E-state index is 0.163. The monoisotopic (exact) mass is 157 g/mol. The normalized spacial score (nSPS) is 13.8. The van der Waals surface area contributed by atoms with E-state index in [9.17, 15) is 9.59 Å². The van der Waals surface area contributed by atoms with E-state index in [0.717, 1.165) is 0 Å². The van der Waals surface area contributed by atoms with Gasteiger partial charge in [0.05, 0.1) is 5.70 Å². The molecule has 4 heteroatoms. The van der Waals surface area contributed by atoms with E-state index in [0.29, 0.717) is 6.47 Å². The number of rotatable bonds is 4. The van der Waals surface area contributed by atoms with E-state index < -0.39 is 6.10 Å². The summed E-state index contributed by atoms with van der Waals surface area (Å²) in [5.74, 6) is -0.163. The Balaban J connectivity index is 4.10. The number of hydrogen-bond acceptors (Lipinski definition) is 4. The second-order valence-corrected chi connectivity index (χ2v) is 2.13. The second-order valence-electron chi connectivity index (χ2n) is 2.13. The predicted molar refractivity (Wildman–Crippen MR) is 39.6 cm³/mol. The minimum Gasteiger partial charge on any atom is -0.458 e. The van der Waals surface area contributed by atoms with Crippen molar-refractivity contribution in [1.82, 2.24) is 0 Å². The SMILES string of the molecule is CC(=O)/C=C(\N)C(C)OC=O. The van der Waals surface area contributed by atoms with Gasteiger partial charge < -0.3 is 10.5 Å². The van der Waals surface area contributed by atoms with Crippen LogP contribution < -0.4 is 5.73 Å². The van der Waals surface area contributed by atoms with E-state index in [4.69, 9.17) is 5.73 Å². The van der Waals surface area contributed by atoms with Crippen molar-refractivity contribution < 1.29 is 14.3 Å². The van der Waals surface area contributed by atoms with Crippen LogP contribution in [0, 0.1) is 0 Å². The van der Waals surface area contributed by atoms with Gasteiger partial charge in [0, 0.05) is 6.08 Å². The summed E-state index contributed by atoms with van der Waals surface area (Å²) in [6.45, 7) is 3.26. The van der Waals surface area contributed by atoms with Crippen molar-refractivity contribution in [2.75, 3.05) is 0 Å². The summed E-state index contributed by atoms with van der Waals surface area (Å²) in [5, 5.41) is 0. The van der Waals surface area contributed by atoms with Crippen LogP contribution in [-0.2, 0) is 14.3 Å². The molecule has 0 spiro atoms. The molecular weight excluding hydrogens is 146 g/mol. The number of carbonyl (C=O) groups is 2. The molecule has 0 amide bonds. The third kappa shape index (κ3) is 4.13. The van der Waals surface area contributed by atoms with Gasteiger partial charge in [-0.15, -0.1) is 0 Å². The molecule has 0 heterocycles. The summed E-state index contributed by atoms with van der Waals surface area (Å²) in [4.78, 5) is 20.3. The Hall–Kier alpha value is -1.32. The van der Waals surface area contributed by atoms with Crippen LogP contribution in [0.4, 0.5) is 0 Å². The molecule has 0 aromatic carbocycles. The van der Waals surface area contributed by atoms with E-state index in [2.05, 4.69) is 4.74 Å². The molecule has 0 aromatic rings. The zero-order valence-corrected chi connectivity index (χ0v) is 6.53. The van der Waals surface area contributed by atoms with Gasteiger partial charge in [-0.3, -0.25) is 9.59 Å². The molecule has 11 heavy (non-hydrogen) atoms. The molecule has 0 saturated carbocycles. The van der Waals surface area contributed by atoms with Crippen LogP contribution in [0.2, 0.25) is 0 Å². The largest absolute Gasteiger partial charge is 0.458 e. The highest BCUT2D eigenvalue weighted by atomic mass is 16.5. The number of ether oxygens (including phenoxy) is 1. The first kappa shape index (κ1) is 9.68. The Kier molecular flexibility index (Phi) is 3.95. The van der Waals surface area contributed by atoms with E-state index in [1.807, 2.05) is 0 Å². The van der Waals surface area contributed by atoms with Crippen molar-refractivity contribution in [2.45, 2.75) is 20.0 Å². The quantitative estimate of drug-likeness (QED) is 0.460. The highest BCUT2D eigenvalue weighted by Crippen LogP contribution is 1.97. The van der Waals surface area contributed by atoms with Crippen LogP contribution in [0.25, 0.3) is 0 Å². The van der Waals surface area contributed by atoms with Crippen molar-refractivity contribution in [2.24, 2.45) is 5.73 Å². The molecule has 2 N–H and O–H groups in total. The molecule has 1 atom stereocenters. The minimum atomic E-state index is -0.531. The van der Waals surface area contributed by atoms with Gasteiger partial charge >= 0.3 is 0 Å². The number of carbonyl (C=O) groups excluding carboxylic acids is 2. The standard InChI is InChI=1S/C7H11NO3/c1-5(10)3-7(8)6(2)11-4-9/h3-4,6H,8H2,1-2H3/b7-3-. The zero-order chi connectivity index (χ0) is 8.85. The van der Waals surface area contributed by atoms with Gasteiger partial charge in [-0.25, -0.2) is 0 Å². The Labute approximate surface area is 65.0 Å². The molecule has 0 bridgehead atoms. The summed E-state index contributed by atoms with van der Waals surface area (Å²) in [5.41, 5.74) is 5.61. The Morgan fingerprint density at radius 3 is 2.55 bits per heavy atom.